The summed E-state index contributed by atoms with van der Waals surface area (Å²) in [5.41, 5.74) is 2.49. The van der Waals surface area contributed by atoms with Gasteiger partial charge in [-0.3, -0.25) is 14.7 Å². The zero-order chi connectivity index (χ0) is 15.6. The zero-order valence-electron chi connectivity index (χ0n) is 13.1. The van der Waals surface area contributed by atoms with E-state index in [0.717, 1.165) is 31.7 Å². The monoisotopic (exact) mass is 307 g/mol. The summed E-state index contributed by atoms with van der Waals surface area (Å²) in [5.74, 6) is 0.982. The number of aromatic nitrogens is 1. The second-order valence-corrected chi connectivity index (χ2v) is 6.62. The number of carbonyl (C=O) groups excluding carboxylic acids is 1. The molecule has 0 bridgehead atoms. The summed E-state index contributed by atoms with van der Waals surface area (Å²) in [4.78, 5) is 21.2. The Morgan fingerprint density at radius 1 is 0.913 bits per heavy atom. The van der Waals surface area contributed by atoms with Crippen molar-refractivity contribution in [1.82, 2.24) is 14.8 Å². The van der Waals surface area contributed by atoms with Crippen LogP contribution in [0, 0.1) is 11.8 Å². The molecule has 118 valence electrons. The third-order valence-electron chi connectivity index (χ3n) is 4.97. The molecule has 1 aromatic heterocycles. The Hall–Kier alpha value is -2.20. The van der Waals surface area contributed by atoms with Gasteiger partial charge in [0, 0.05) is 51.0 Å². The Labute approximate surface area is 136 Å². The minimum atomic E-state index is 0.181. The molecule has 2 fully saturated rings. The quantitative estimate of drug-likeness (QED) is 0.868. The van der Waals surface area contributed by atoms with Crippen LogP contribution >= 0.6 is 0 Å². The number of fused-ring (bicyclic) bond motifs is 1. The molecule has 1 amide bonds. The Balaban J connectivity index is 1.37. The molecule has 4 nitrogen and oxygen atoms in total. The first-order chi connectivity index (χ1) is 11.3. The molecule has 23 heavy (non-hydrogen) atoms. The van der Waals surface area contributed by atoms with Gasteiger partial charge in [0.15, 0.2) is 0 Å². The van der Waals surface area contributed by atoms with Crippen LogP contribution in [0.3, 0.4) is 0 Å². The topological polar surface area (TPSA) is 36.4 Å². The van der Waals surface area contributed by atoms with Gasteiger partial charge < -0.3 is 4.90 Å². The van der Waals surface area contributed by atoms with Crippen molar-refractivity contribution in [2.75, 3.05) is 19.6 Å². The summed E-state index contributed by atoms with van der Waals surface area (Å²) >= 11 is 0. The molecule has 3 heterocycles. The van der Waals surface area contributed by atoms with Crippen LogP contribution in [-0.2, 0) is 17.9 Å². The molecule has 4 rings (SSSR count). The predicted octanol–water partition coefficient (Wildman–Crippen LogP) is 2.17. The van der Waals surface area contributed by atoms with E-state index in [2.05, 4.69) is 34.1 Å². The van der Waals surface area contributed by atoms with Crippen molar-refractivity contribution in [3.05, 3.63) is 66.0 Å². The molecule has 4 heteroatoms. The molecular formula is C19H21N3O. The molecule has 0 radical (unpaired) electrons. The predicted molar refractivity (Wildman–Crippen MR) is 88.4 cm³/mol. The van der Waals surface area contributed by atoms with Crippen molar-refractivity contribution in [3.8, 4) is 0 Å². The Kier molecular flexibility index (Phi) is 3.83. The first-order valence-electron chi connectivity index (χ1n) is 8.23. The van der Waals surface area contributed by atoms with Gasteiger partial charge >= 0.3 is 0 Å². The van der Waals surface area contributed by atoms with E-state index in [1.165, 1.54) is 5.56 Å². The van der Waals surface area contributed by atoms with E-state index in [0.29, 0.717) is 18.4 Å². The Bertz CT molecular complexity index is 674. The second-order valence-electron chi connectivity index (χ2n) is 6.62. The lowest BCUT2D eigenvalue weighted by Crippen LogP contribution is -2.32. The first kappa shape index (κ1) is 14.4. The number of rotatable bonds is 4. The summed E-state index contributed by atoms with van der Waals surface area (Å²) in [5, 5.41) is 0. The van der Waals surface area contributed by atoms with Crippen molar-refractivity contribution < 1.29 is 4.79 Å². The van der Waals surface area contributed by atoms with Crippen LogP contribution in [0.5, 0.6) is 0 Å². The summed E-state index contributed by atoms with van der Waals surface area (Å²) in [6.07, 6.45) is 3.58. The van der Waals surface area contributed by atoms with Gasteiger partial charge in [0.25, 0.3) is 0 Å². The normalized spacial score (nSPS) is 24.2. The molecule has 2 aliphatic rings. The van der Waals surface area contributed by atoms with Crippen molar-refractivity contribution in [2.24, 2.45) is 11.8 Å². The molecule has 2 aliphatic heterocycles. The highest BCUT2D eigenvalue weighted by Crippen LogP contribution is 2.33. The number of hydrogen-bond donors (Lipinski definition) is 0. The maximum Gasteiger partial charge on any atom is 0.227 e. The fourth-order valence-corrected chi connectivity index (χ4v) is 3.85. The van der Waals surface area contributed by atoms with Crippen molar-refractivity contribution in [3.63, 3.8) is 0 Å². The van der Waals surface area contributed by atoms with E-state index in [1.54, 1.807) is 12.4 Å². The highest BCUT2D eigenvalue weighted by molar-refractivity contribution is 5.82. The maximum absolute atomic E-state index is 12.7. The molecule has 0 aliphatic carbocycles. The fraction of sp³-hybridized carbons (Fsp3) is 0.368. The molecule has 0 unspecified atom stereocenters. The SMILES string of the molecule is O=C1[C@H]2CN(Cc3ccccc3)C[C@H]2CN1Cc1ccncc1. The van der Waals surface area contributed by atoms with E-state index >= 15 is 0 Å². The van der Waals surface area contributed by atoms with Crippen LogP contribution < -0.4 is 0 Å². The molecule has 0 spiro atoms. The van der Waals surface area contributed by atoms with Crippen LogP contribution in [0.15, 0.2) is 54.9 Å². The van der Waals surface area contributed by atoms with Gasteiger partial charge in [-0.25, -0.2) is 0 Å². The van der Waals surface area contributed by atoms with Gasteiger partial charge in [-0.15, -0.1) is 0 Å². The van der Waals surface area contributed by atoms with Crippen LogP contribution in [0.25, 0.3) is 0 Å². The zero-order valence-corrected chi connectivity index (χ0v) is 13.1. The summed E-state index contributed by atoms with van der Waals surface area (Å²) in [6.45, 7) is 4.47. The number of nitrogens with zero attached hydrogens (tertiary/aromatic N) is 3. The highest BCUT2D eigenvalue weighted by atomic mass is 16.2. The van der Waals surface area contributed by atoms with E-state index in [4.69, 9.17) is 0 Å². The number of pyridine rings is 1. The average Bonchev–Trinajstić information content (AvgIpc) is 3.09. The summed E-state index contributed by atoms with van der Waals surface area (Å²) in [7, 11) is 0. The van der Waals surface area contributed by atoms with Gasteiger partial charge in [0.05, 0.1) is 5.92 Å². The van der Waals surface area contributed by atoms with Gasteiger partial charge in [0.1, 0.15) is 0 Å². The fourth-order valence-electron chi connectivity index (χ4n) is 3.85. The second kappa shape index (κ2) is 6.13. The first-order valence-corrected chi connectivity index (χ1v) is 8.23. The van der Waals surface area contributed by atoms with E-state index in [-0.39, 0.29) is 5.92 Å². The number of hydrogen-bond acceptors (Lipinski definition) is 3. The van der Waals surface area contributed by atoms with Crippen molar-refractivity contribution >= 4 is 5.91 Å². The van der Waals surface area contributed by atoms with Gasteiger partial charge in [-0.05, 0) is 23.3 Å². The van der Waals surface area contributed by atoms with E-state index < -0.39 is 0 Å². The minimum absolute atomic E-state index is 0.181. The van der Waals surface area contributed by atoms with Crippen molar-refractivity contribution in [1.29, 1.82) is 0 Å². The molecule has 1 aromatic carbocycles. The Morgan fingerprint density at radius 3 is 2.39 bits per heavy atom. The minimum Gasteiger partial charge on any atom is -0.338 e. The van der Waals surface area contributed by atoms with Crippen LogP contribution in [-0.4, -0.2) is 40.3 Å². The lowest BCUT2D eigenvalue weighted by Gasteiger charge is -2.21. The van der Waals surface area contributed by atoms with E-state index in [1.807, 2.05) is 23.1 Å². The molecular weight excluding hydrogens is 286 g/mol. The lowest BCUT2D eigenvalue weighted by atomic mass is 10.0. The molecule has 0 N–H and O–H groups in total. The number of benzene rings is 1. The largest absolute Gasteiger partial charge is 0.338 e. The number of likely N-dealkylation sites (tertiary alicyclic amines) is 2. The van der Waals surface area contributed by atoms with Crippen LogP contribution in [0.1, 0.15) is 11.1 Å². The molecule has 2 aromatic rings. The highest BCUT2D eigenvalue weighted by Gasteiger charge is 2.45. The summed E-state index contributed by atoms with van der Waals surface area (Å²) < 4.78 is 0. The van der Waals surface area contributed by atoms with Gasteiger partial charge in [0.2, 0.25) is 5.91 Å². The number of carbonyl (C=O) groups is 1. The molecule has 0 saturated carbocycles. The lowest BCUT2D eigenvalue weighted by molar-refractivity contribution is -0.131. The molecule has 2 atom stereocenters. The number of amides is 1. The third kappa shape index (κ3) is 2.99. The maximum atomic E-state index is 12.7. The third-order valence-corrected chi connectivity index (χ3v) is 4.97. The van der Waals surface area contributed by atoms with Crippen LogP contribution in [0.2, 0.25) is 0 Å². The van der Waals surface area contributed by atoms with Crippen LogP contribution in [0.4, 0.5) is 0 Å². The van der Waals surface area contributed by atoms with E-state index in [9.17, 15) is 4.79 Å². The van der Waals surface area contributed by atoms with Gasteiger partial charge in [-0.2, -0.15) is 0 Å². The Morgan fingerprint density at radius 2 is 1.65 bits per heavy atom. The molecule has 2 saturated heterocycles. The smallest absolute Gasteiger partial charge is 0.227 e. The standard InChI is InChI=1S/C19H21N3O/c23-19-18-14-21(10-15-4-2-1-3-5-15)12-17(18)13-22(19)11-16-6-8-20-9-7-16/h1-9,17-18H,10-14H2/t17-,18-/m0/s1. The average molecular weight is 307 g/mol. The summed E-state index contributed by atoms with van der Waals surface area (Å²) in [6, 6.07) is 14.5. The van der Waals surface area contributed by atoms with Gasteiger partial charge in [-0.1, -0.05) is 30.3 Å². The van der Waals surface area contributed by atoms with Crippen molar-refractivity contribution in [2.45, 2.75) is 13.1 Å².